The van der Waals surface area contributed by atoms with E-state index >= 15 is 0 Å². The fraction of sp³-hybridized carbons (Fsp3) is 0.421. The Labute approximate surface area is 197 Å². The van der Waals surface area contributed by atoms with Crippen LogP contribution in [0.5, 0.6) is 11.5 Å². The van der Waals surface area contributed by atoms with Crippen molar-refractivity contribution in [1.82, 2.24) is 15.0 Å². The third-order valence-corrected chi connectivity index (χ3v) is 4.62. The largest absolute Gasteiger partial charge is 0.506 e. The zero-order valence-electron chi connectivity index (χ0n) is 18.3. The molecule has 1 N–H and O–H groups in total. The summed E-state index contributed by atoms with van der Waals surface area (Å²) in [5.74, 6) is -1.26. The fourth-order valence-electron chi connectivity index (χ4n) is 2.80. The summed E-state index contributed by atoms with van der Waals surface area (Å²) < 4.78 is 19.8. The molecule has 2 aromatic rings. The topological polar surface area (TPSA) is 182 Å². The Morgan fingerprint density at radius 3 is 2.41 bits per heavy atom. The second-order valence-electron chi connectivity index (χ2n) is 6.58. The number of nitro benzene ring substituents is 1. The van der Waals surface area contributed by atoms with Crippen LogP contribution in [-0.4, -0.2) is 63.0 Å². The molecule has 0 spiro atoms. The quantitative estimate of drug-likeness (QED) is 0.148. The molecule has 184 valence electrons. The molecular formula is C19H21ClN4O10. The Morgan fingerprint density at radius 2 is 1.85 bits per heavy atom. The van der Waals surface area contributed by atoms with Gasteiger partial charge in [-0.2, -0.15) is 5.10 Å². The summed E-state index contributed by atoms with van der Waals surface area (Å²) in [4.78, 5) is 47.7. The molecule has 1 unspecified atom stereocenters. The monoisotopic (exact) mass is 500 g/mol. The van der Waals surface area contributed by atoms with Gasteiger partial charge in [0.1, 0.15) is 17.4 Å². The van der Waals surface area contributed by atoms with Crippen LogP contribution in [0.25, 0.3) is 0 Å². The van der Waals surface area contributed by atoms with Crippen molar-refractivity contribution in [2.45, 2.75) is 32.6 Å². The van der Waals surface area contributed by atoms with Crippen LogP contribution >= 0.6 is 11.6 Å². The van der Waals surface area contributed by atoms with Crippen LogP contribution in [0.4, 0.5) is 10.5 Å². The Kier molecular flexibility index (Phi) is 9.12. The van der Waals surface area contributed by atoms with Crippen molar-refractivity contribution in [1.29, 1.82) is 0 Å². The van der Waals surface area contributed by atoms with Gasteiger partial charge in [0.25, 0.3) is 5.69 Å². The predicted octanol–water partition coefficient (Wildman–Crippen LogP) is 2.71. The predicted molar refractivity (Wildman–Crippen MR) is 113 cm³/mol. The fourth-order valence-corrected chi connectivity index (χ4v) is 2.94. The number of ketones is 1. The number of aromatic nitrogens is 3. The van der Waals surface area contributed by atoms with Gasteiger partial charge in [0.2, 0.25) is 12.5 Å². The second kappa shape index (κ2) is 11.8. The molecule has 0 saturated heterocycles. The number of hydrogen-bond acceptors (Lipinski definition) is 11. The molecule has 2 rings (SSSR count). The number of halogens is 1. The Morgan fingerprint density at radius 1 is 1.21 bits per heavy atom. The lowest BCUT2D eigenvalue weighted by atomic mass is 10.0. The van der Waals surface area contributed by atoms with E-state index in [2.05, 4.69) is 14.9 Å². The number of nitrogens with zero attached hydrogens (tertiary/aromatic N) is 4. The van der Waals surface area contributed by atoms with E-state index in [0.717, 1.165) is 16.9 Å². The number of rotatable bonds is 12. The zero-order chi connectivity index (χ0) is 25.4. The number of nitro groups is 1. The summed E-state index contributed by atoms with van der Waals surface area (Å²) in [6, 6.07) is 2.10. The molecule has 1 heterocycles. The molecule has 14 nitrogen and oxygen atoms in total. The lowest BCUT2D eigenvalue weighted by Gasteiger charge is -2.11. The summed E-state index contributed by atoms with van der Waals surface area (Å²) in [5.41, 5.74) is -1.71. The van der Waals surface area contributed by atoms with E-state index in [9.17, 15) is 24.5 Å². The van der Waals surface area contributed by atoms with Gasteiger partial charge >= 0.3 is 12.1 Å². The number of carboxylic acid groups (broad SMARTS) is 1. The molecule has 0 aliphatic carbocycles. The molecule has 1 aromatic heterocycles. The van der Waals surface area contributed by atoms with E-state index in [1.165, 1.54) is 21.1 Å². The van der Waals surface area contributed by atoms with Crippen molar-refractivity contribution < 1.29 is 43.4 Å². The minimum absolute atomic E-state index is 0.0149. The Balaban J connectivity index is 2.52. The Bertz CT molecular complexity index is 1090. The average molecular weight is 501 g/mol. The van der Waals surface area contributed by atoms with Crippen LogP contribution in [0.1, 0.15) is 47.6 Å². The molecule has 34 heavy (non-hydrogen) atoms. The van der Waals surface area contributed by atoms with Crippen molar-refractivity contribution in [2.24, 2.45) is 0 Å². The van der Waals surface area contributed by atoms with Crippen LogP contribution in [0, 0.1) is 10.1 Å². The van der Waals surface area contributed by atoms with Crippen molar-refractivity contribution in [3.8, 4) is 11.5 Å². The Hall–Kier alpha value is -3.94. The van der Waals surface area contributed by atoms with Gasteiger partial charge in [-0.3, -0.25) is 19.7 Å². The number of carbonyl (C=O) groups excluding carboxylic acids is 2. The third-order valence-electron chi connectivity index (χ3n) is 4.36. The van der Waals surface area contributed by atoms with Crippen LogP contribution in [0.3, 0.4) is 0 Å². The van der Waals surface area contributed by atoms with E-state index in [-0.39, 0.29) is 29.5 Å². The normalized spacial score (nSPS) is 11.4. The number of alkyl halides is 1. The molecule has 0 aliphatic heterocycles. The first-order valence-corrected chi connectivity index (χ1v) is 10.2. The van der Waals surface area contributed by atoms with Gasteiger partial charge < -0.3 is 24.1 Å². The summed E-state index contributed by atoms with van der Waals surface area (Å²) in [7, 11) is 2.55. The molecule has 0 amide bonds. The van der Waals surface area contributed by atoms with Gasteiger partial charge in [-0.1, -0.05) is 0 Å². The molecule has 0 saturated carbocycles. The molecule has 0 bridgehead atoms. The van der Waals surface area contributed by atoms with Gasteiger partial charge in [-0.15, -0.1) is 21.5 Å². The maximum Gasteiger partial charge on any atom is 0.506 e. The van der Waals surface area contributed by atoms with Crippen LogP contribution < -0.4 is 9.47 Å². The summed E-state index contributed by atoms with van der Waals surface area (Å²) in [6.45, 7) is 0.782. The highest BCUT2D eigenvalue weighted by Gasteiger charge is 2.32. The second-order valence-corrected chi connectivity index (χ2v) is 6.96. The van der Waals surface area contributed by atoms with E-state index < -0.39 is 52.6 Å². The van der Waals surface area contributed by atoms with Crippen molar-refractivity contribution in [2.75, 3.05) is 20.1 Å². The van der Waals surface area contributed by atoms with E-state index in [1.54, 1.807) is 0 Å². The highest BCUT2D eigenvalue weighted by Crippen LogP contribution is 2.36. The van der Waals surface area contributed by atoms with Crippen molar-refractivity contribution in [3.05, 3.63) is 39.2 Å². The summed E-state index contributed by atoms with van der Waals surface area (Å²) in [5, 5.41) is 28.5. The van der Waals surface area contributed by atoms with Crippen LogP contribution in [0.15, 0.2) is 12.1 Å². The zero-order valence-corrected chi connectivity index (χ0v) is 19.1. The van der Waals surface area contributed by atoms with Gasteiger partial charge in [-0.25, -0.2) is 4.79 Å². The average Bonchev–Trinajstić information content (AvgIpc) is 3.24. The van der Waals surface area contributed by atoms with E-state index in [4.69, 9.17) is 30.9 Å². The lowest BCUT2D eigenvalue weighted by molar-refractivity contribution is -0.385. The van der Waals surface area contributed by atoms with Gasteiger partial charge in [0.05, 0.1) is 25.2 Å². The molecule has 0 aliphatic rings. The SMILES string of the molecule is COc1cc(C(=O)c2nn(COC(=O)CCCCl)nc2C(C)OC(=O)O)c([N+](=O)[O-])cc1OC. The van der Waals surface area contributed by atoms with E-state index in [0.29, 0.717) is 6.42 Å². The summed E-state index contributed by atoms with van der Waals surface area (Å²) >= 11 is 5.53. The first-order chi connectivity index (χ1) is 16.1. The maximum atomic E-state index is 13.3. The minimum Gasteiger partial charge on any atom is -0.493 e. The standard InChI is InChI=1S/C19H21ClN4O10/c1-10(34-19(27)28)16-17(22-23(21-16)9-33-15(25)5-4-6-20)18(26)11-7-13(31-2)14(32-3)8-12(11)24(29)30/h7-8,10H,4-6,9H2,1-3H3,(H,27,28). The van der Waals surface area contributed by atoms with Gasteiger partial charge in [-0.05, 0) is 13.3 Å². The number of esters is 1. The maximum absolute atomic E-state index is 13.3. The van der Waals surface area contributed by atoms with Gasteiger partial charge in [0, 0.05) is 18.4 Å². The highest BCUT2D eigenvalue weighted by atomic mass is 35.5. The first kappa shape index (κ1) is 26.3. The van der Waals surface area contributed by atoms with Crippen LogP contribution in [0.2, 0.25) is 0 Å². The van der Waals surface area contributed by atoms with Crippen LogP contribution in [-0.2, 0) is 21.0 Å². The lowest BCUT2D eigenvalue weighted by Crippen LogP contribution is -2.13. The molecule has 0 fully saturated rings. The van der Waals surface area contributed by atoms with Crippen molar-refractivity contribution >= 4 is 35.2 Å². The number of ether oxygens (including phenoxy) is 4. The summed E-state index contributed by atoms with van der Waals surface area (Å²) in [6.07, 6.45) is -2.50. The number of hydrogen-bond donors (Lipinski definition) is 1. The number of methoxy groups -OCH3 is 2. The molecule has 1 aromatic carbocycles. The number of benzene rings is 1. The van der Waals surface area contributed by atoms with Crippen molar-refractivity contribution in [3.63, 3.8) is 0 Å². The molecule has 1 atom stereocenters. The van der Waals surface area contributed by atoms with E-state index in [1.807, 2.05) is 0 Å². The molecule has 0 radical (unpaired) electrons. The highest BCUT2D eigenvalue weighted by molar-refractivity contribution is 6.17. The van der Waals surface area contributed by atoms with Gasteiger partial charge in [0.15, 0.2) is 17.2 Å². The first-order valence-electron chi connectivity index (χ1n) is 9.64. The minimum atomic E-state index is -1.65. The molecular weight excluding hydrogens is 480 g/mol. The third kappa shape index (κ3) is 6.31. The smallest absolute Gasteiger partial charge is 0.493 e. The molecule has 15 heteroatoms. The number of carbonyl (C=O) groups is 3.